The standard InChI is InChI=1S/C7H11N3O3S/c1-14(11,12)10-3-2-5-6(4-10)13-7(8)9-5/h2-4H2,1H3,(H2,8,9). The van der Waals surface area contributed by atoms with Crippen LogP contribution >= 0.6 is 0 Å². The van der Waals surface area contributed by atoms with E-state index in [2.05, 4.69) is 4.98 Å². The van der Waals surface area contributed by atoms with E-state index in [-0.39, 0.29) is 12.6 Å². The number of nitrogen functional groups attached to an aromatic ring is 1. The van der Waals surface area contributed by atoms with Gasteiger partial charge in [-0.3, -0.25) is 0 Å². The van der Waals surface area contributed by atoms with Crippen LogP contribution in [0.15, 0.2) is 4.42 Å². The first kappa shape index (κ1) is 9.47. The van der Waals surface area contributed by atoms with Crippen LogP contribution in [0.5, 0.6) is 0 Å². The number of nitrogens with zero attached hydrogens (tertiary/aromatic N) is 2. The molecule has 2 heterocycles. The highest BCUT2D eigenvalue weighted by Gasteiger charge is 2.26. The van der Waals surface area contributed by atoms with Crippen LogP contribution in [0.4, 0.5) is 6.01 Å². The summed E-state index contributed by atoms with van der Waals surface area (Å²) in [4.78, 5) is 3.96. The van der Waals surface area contributed by atoms with Crippen LogP contribution in [0.25, 0.3) is 0 Å². The summed E-state index contributed by atoms with van der Waals surface area (Å²) in [5.41, 5.74) is 6.13. The monoisotopic (exact) mass is 217 g/mol. The van der Waals surface area contributed by atoms with Crippen LogP contribution in [-0.2, 0) is 23.0 Å². The summed E-state index contributed by atoms with van der Waals surface area (Å²) in [6.45, 7) is 0.677. The van der Waals surface area contributed by atoms with Crippen molar-refractivity contribution >= 4 is 16.0 Å². The zero-order valence-electron chi connectivity index (χ0n) is 7.73. The average Bonchev–Trinajstić information content (AvgIpc) is 2.41. The normalized spacial score (nSPS) is 18.1. The molecule has 7 heteroatoms. The third kappa shape index (κ3) is 1.60. The van der Waals surface area contributed by atoms with E-state index in [1.54, 1.807) is 0 Å². The molecular weight excluding hydrogens is 206 g/mol. The maximum absolute atomic E-state index is 11.2. The summed E-state index contributed by atoms with van der Waals surface area (Å²) in [6, 6.07) is 0.102. The predicted molar refractivity (Wildman–Crippen MR) is 49.9 cm³/mol. The minimum Gasteiger partial charge on any atom is -0.427 e. The van der Waals surface area contributed by atoms with Crippen molar-refractivity contribution in [2.75, 3.05) is 18.5 Å². The van der Waals surface area contributed by atoms with E-state index >= 15 is 0 Å². The molecule has 1 aromatic heterocycles. The molecule has 0 unspecified atom stereocenters. The Morgan fingerprint density at radius 2 is 2.29 bits per heavy atom. The lowest BCUT2D eigenvalue weighted by Gasteiger charge is -2.22. The van der Waals surface area contributed by atoms with Crippen LogP contribution in [0.1, 0.15) is 11.5 Å². The van der Waals surface area contributed by atoms with Gasteiger partial charge in [-0.15, -0.1) is 0 Å². The summed E-state index contributed by atoms with van der Waals surface area (Å²) < 4.78 is 28.9. The maximum atomic E-state index is 11.2. The fraction of sp³-hybridized carbons (Fsp3) is 0.571. The van der Waals surface area contributed by atoms with Gasteiger partial charge in [-0.25, -0.2) is 8.42 Å². The van der Waals surface area contributed by atoms with Crippen molar-refractivity contribution in [1.82, 2.24) is 9.29 Å². The van der Waals surface area contributed by atoms with Gasteiger partial charge < -0.3 is 10.2 Å². The van der Waals surface area contributed by atoms with Crippen molar-refractivity contribution in [2.45, 2.75) is 13.0 Å². The lowest BCUT2D eigenvalue weighted by atomic mass is 10.2. The Balaban J connectivity index is 2.30. The molecule has 0 radical (unpaired) electrons. The molecule has 0 fully saturated rings. The molecule has 0 atom stereocenters. The highest BCUT2D eigenvalue weighted by molar-refractivity contribution is 7.88. The molecule has 0 aliphatic carbocycles. The molecule has 0 bridgehead atoms. The van der Waals surface area contributed by atoms with Gasteiger partial charge in [0, 0.05) is 13.0 Å². The molecule has 0 saturated carbocycles. The average molecular weight is 217 g/mol. The maximum Gasteiger partial charge on any atom is 0.292 e. The first-order valence-electron chi connectivity index (χ1n) is 4.16. The molecule has 0 saturated heterocycles. The van der Waals surface area contributed by atoms with Crippen molar-refractivity contribution in [3.63, 3.8) is 0 Å². The van der Waals surface area contributed by atoms with Crippen molar-refractivity contribution < 1.29 is 12.8 Å². The summed E-state index contributed by atoms with van der Waals surface area (Å²) in [7, 11) is -3.15. The number of hydrogen-bond acceptors (Lipinski definition) is 5. The summed E-state index contributed by atoms with van der Waals surface area (Å²) >= 11 is 0. The number of aromatic nitrogens is 1. The first-order valence-corrected chi connectivity index (χ1v) is 6.01. The van der Waals surface area contributed by atoms with E-state index in [1.807, 2.05) is 0 Å². The molecular formula is C7H11N3O3S. The molecule has 1 aliphatic rings. The Morgan fingerprint density at radius 1 is 1.57 bits per heavy atom. The first-order chi connectivity index (χ1) is 6.47. The van der Waals surface area contributed by atoms with Crippen LogP contribution in [0, 0.1) is 0 Å². The molecule has 78 valence electrons. The Hall–Kier alpha value is -1.08. The van der Waals surface area contributed by atoms with Crippen LogP contribution in [-0.4, -0.2) is 30.5 Å². The number of oxazole rings is 1. The van der Waals surface area contributed by atoms with Gasteiger partial charge >= 0.3 is 0 Å². The largest absolute Gasteiger partial charge is 0.427 e. The van der Waals surface area contributed by atoms with Crippen molar-refractivity contribution in [3.8, 4) is 0 Å². The van der Waals surface area contributed by atoms with Gasteiger partial charge in [0.2, 0.25) is 10.0 Å². The van der Waals surface area contributed by atoms with Crippen LogP contribution in [0.3, 0.4) is 0 Å². The third-order valence-corrected chi connectivity index (χ3v) is 3.43. The van der Waals surface area contributed by atoms with E-state index in [0.717, 1.165) is 5.69 Å². The Morgan fingerprint density at radius 3 is 2.93 bits per heavy atom. The molecule has 0 spiro atoms. The van der Waals surface area contributed by atoms with Gasteiger partial charge in [0.05, 0.1) is 18.5 Å². The molecule has 0 amide bonds. The molecule has 2 rings (SSSR count). The van der Waals surface area contributed by atoms with E-state index in [4.69, 9.17) is 10.2 Å². The SMILES string of the molecule is CS(=O)(=O)N1CCc2nc(N)oc2C1. The lowest BCUT2D eigenvalue weighted by molar-refractivity contribution is 0.348. The minimum atomic E-state index is -3.15. The van der Waals surface area contributed by atoms with Gasteiger partial charge in [-0.2, -0.15) is 9.29 Å². The lowest BCUT2D eigenvalue weighted by Crippen LogP contribution is -2.34. The summed E-state index contributed by atoms with van der Waals surface area (Å²) in [5.74, 6) is 0.555. The Bertz CT molecular complexity index is 451. The van der Waals surface area contributed by atoms with Crippen molar-refractivity contribution in [1.29, 1.82) is 0 Å². The molecule has 6 nitrogen and oxygen atoms in total. The topological polar surface area (TPSA) is 89.4 Å². The molecule has 1 aliphatic heterocycles. The molecule has 0 aromatic carbocycles. The number of anilines is 1. The van der Waals surface area contributed by atoms with E-state index in [9.17, 15) is 8.42 Å². The fourth-order valence-corrected chi connectivity index (χ4v) is 2.25. The third-order valence-electron chi connectivity index (χ3n) is 2.18. The van der Waals surface area contributed by atoms with Gasteiger partial charge in [-0.05, 0) is 0 Å². The fourth-order valence-electron chi connectivity index (χ4n) is 1.48. The Kier molecular flexibility index (Phi) is 2.00. The summed E-state index contributed by atoms with van der Waals surface area (Å²) in [5, 5.41) is 0. The van der Waals surface area contributed by atoms with E-state index in [0.29, 0.717) is 18.7 Å². The number of hydrogen-bond donors (Lipinski definition) is 1. The van der Waals surface area contributed by atoms with E-state index < -0.39 is 10.0 Å². The second kappa shape index (κ2) is 2.96. The zero-order valence-corrected chi connectivity index (χ0v) is 8.54. The number of nitrogens with two attached hydrogens (primary N) is 1. The quantitative estimate of drug-likeness (QED) is 0.689. The number of sulfonamides is 1. The molecule has 2 N–H and O–H groups in total. The minimum absolute atomic E-state index is 0.102. The molecule has 1 aromatic rings. The van der Waals surface area contributed by atoms with Crippen LogP contribution in [0.2, 0.25) is 0 Å². The zero-order chi connectivity index (χ0) is 10.3. The number of fused-ring (bicyclic) bond motifs is 1. The van der Waals surface area contributed by atoms with E-state index in [1.165, 1.54) is 10.6 Å². The smallest absolute Gasteiger partial charge is 0.292 e. The van der Waals surface area contributed by atoms with Crippen molar-refractivity contribution in [3.05, 3.63) is 11.5 Å². The second-order valence-corrected chi connectivity index (χ2v) is 5.25. The molecule has 14 heavy (non-hydrogen) atoms. The highest BCUT2D eigenvalue weighted by atomic mass is 32.2. The second-order valence-electron chi connectivity index (χ2n) is 3.27. The Labute approximate surface area is 81.8 Å². The number of rotatable bonds is 1. The van der Waals surface area contributed by atoms with Crippen LogP contribution < -0.4 is 5.73 Å². The van der Waals surface area contributed by atoms with Gasteiger partial charge in [0.1, 0.15) is 5.76 Å². The van der Waals surface area contributed by atoms with Gasteiger partial charge in [-0.1, -0.05) is 0 Å². The highest BCUT2D eigenvalue weighted by Crippen LogP contribution is 2.21. The summed E-state index contributed by atoms with van der Waals surface area (Å²) in [6.07, 6.45) is 1.74. The predicted octanol–water partition coefficient (Wildman–Crippen LogP) is -0.426. The van der Waals surface area contributed by atoms with Gasteiger partial charge in [0.15, 0.2) is 0 Å². The van der Waals surface area contributed by atoms with Crippen molar-refractivity contribution in [2.24, 2.45) is 0 Å². The van der Waals surface area contributed by atoms with Gasteiger partial charge in [0.25, 0.3) is 6.01 Å².